The van der Waals surface area contributed by atoms with Crippen LogP contribution in [-0.4, -0.2) is 57.9 Å². The highest BCUT2D eigenvalue weighted by Crippen LogP contribution is 2.11. The molecule has 5 N–H and O–H groups in total. The topological polar surface area (TPSA) is 118 Å². The maximum atomic E-state index is 10.2. The summed E-state index contributed by atoms with van der Waals surface area (Å²) in [4.78, 5) is 10.2. The Balaban J connectivity index is 0.000000344. The largest absolute Gasteiger partial charge is 0.481 e. The van der Waals surface area contributed by atoms with Crippen LogP contribution in [0.2, 0.25) is 0 Å². The van der Waals surface area contributed by atoms with Crippen LogP contribution in [0, 0.1) is 5.41 Å². The maximum Gasteiger partial charge on any atom is 0.307 e. The predicted octanol–water partition coefficient (Wildman–Crippen LogP) is -0.744. The molecule has 0 aliphatic carbocycles. The third-order valence-corrected chi connectivity index (χ3v) is 2.54. The van der Waals surface area contributed by atoms with E-state index in [-0.39, 0.29) is 6.42 Å². The molecule has 19 heavy (non-hydrogen) atoms. The second-order valence-corrected chi connectivity index (χ2v) is 4.19. The fourth-order valence-corrected chi connectivity index (χ4v) is 1.07. The lowest BCUT2D eigenvalue weighted by Crippen LogP contribution is -2.37. The molecule has 6 heteroatoms. The van der Waals surface area contributed by atoms with Crippen LogP contribution in [0.25, 0.3) is 0 Å². The quantitative estimate of drug-likeness (QED) is 0.465. The van der Waals surface area contributed by atoms with Gasteiger partial charge in [0.05, 0.1) is 38.3 Å². The van der Waals surface area contributed by atoms with Gasteiger partial charge < -0.3 is 25.5 Å². The van der Waals surface area contributed by atoms with Crippen molar-refractivity contribution in [2.75, 3.05) is 26.4 Å². The molecule has 0 atom stereocenters. The molecule has 0 saturated heterocycles. The van der Waals surface area contributed by atoms with Crippen molar-refractivity contribution < 1.29 is 30.3 Å². The van der Waals surface area contributed by atoms with Crippen LogP contribution >= 0.6 is 0 Å². The lowest BCUT2D eigenvalue weighted by molar-refractivity contribution is -0.136. The van der Waals surface area contributed by atoms with Gasteiger partial charge in [0, 0.05) is 0 Å². The van der Waals surface area contributed by atoms with Crippen LogP contribution in [0.3, 0.4) is 0 Å². The summed E-state index contributed by atoms with van der Waals surface area (Å²) in [6.07, 6.45) is 0.112. The Labute approximate surface area is 111 Å². The average Bonchev–Trinajstić information content (AvgIpc) is 2.43. The number of carboxylic acid groups (broad SMARTS) is 1. The third kappa shape index (κ3) is 6.88. The minimum Gasteiger partial charge on any atom is -0.481 e. The molecule has 6 nitrogen and oxygen atoms in total. The number of hydrogen-bond donors (Lipinski definition) is 5. The van der Waals surface area contributed by atoms with Gasteiger partial charge in [-0.3, -0.25) is 4.79 Å². The number of aliphatic carboxylic acids is 1. The van der Waals surface area contributed by atoms with Crippen LogP contribution in [0.15, 0.2) is 30.3 Å². The number of hydrogen-bond acceptors (Lipinski definition) is 5. The van der Waals surface area contributed by atoms with Crippen molar-refractivity contribution in [2.24, 2.45) is 5.41 Å². The Morgan fingerprint density at radius 3 is 1.58 bits per heavy atom. The molecule has 0 aliphatic heterocycles. The molecule has 0 aromatic heterocycles. The molecule has 0 saturated carbocycles. The summed E-state index contributed by atoms with van der Waals surface area (Å²) in [7, 11) is 0. The van der Waals surface area contributed by atoms with Gasteiger partial charge in [-0.15, -0.1) is 0 Å². The van der Waals surface area contributed by atoms with E-state index in [4.69, 9.17) is 25.5 Å². The van der Waals surface area contributed by atoms with E-state index in [0.29, 0.717) is 0 Å². The number of benzene rings is 1. The first-order valence-electron chi connectivity index (χ1n) is 5.72. The van der Waals surface area contributed by atoms with E-state index in [1.165, 1.54) is 0 Å². The third-order valence-electron chi connectivity index (χ3n) is 2.54. The van der Waals surface area contributed by atoms with Gasteiger partial charge in [0.15, 0.2) is 0 Å². The lowest BCUT2D eigenvalue weighted by atomic mass is 9.93. The number of carboxylic acids is 1. The van der Waals surface area contributed by atoms with Crippen LogP contribution < -0.4 is 0 Å². The zero-order chi connectivity index (χ0) is 14.7. The van der Waals surface area contributed by atoms with Gasteiger partial charge in [-0.2, -0.15) is 0 Å². The van der Waals surface area contributed by atoms with Gasteiger partial charge in [0.2, 0.25) is 0 Å². The summed E-state index contributed by atoms with van der Waals surface area (Å²) < 4.78 is 0. The standard InChI is InChI=1S/C8H8O2.C5H12O4/c9-8(10)6-7-4-2-1-3-5-7;6-1-5(2-7,3-8)4-9/h1-5H,6H2,(H,9,10);6-9H,1-4H2. The fraction of sp³-hybridized carbons (Fsp3) is 0.462. The van der Waals surface area contributed by atoms with Crippen molar-refractivity contribution in [3.8, 4) is 0 Å². The van der Waals surface area contributed by atoms with Gasteiger partial charge in [-0.05, 0) is 5.56 Å². The highest BCUT2D eigenvalue weighted by molar-refractivity contribution is 5.70. The molecule has 1 aromatic rings. The summed E-state index contributed by atoms with van der Waals surface area (Å²) in [5, 5.41) is 42.4. The Morgan fingerprint density at radius 2 is 1.32 bits per heavy atom. The van der Waals surface area contributed by atoms with E-state index in [2.05, 4.69) is 0 Å². The summed E-state index contributed by atoms with van der Waals surface area (Å²) in [5.74, 6) is -0.786. The minimum atomic E-state index is -1.11. The number of aliphatic hydroxyl groups excluding tert-OH is 4. The molecular weight excluding hydrogens is 252 g/mol. The Morgan fingerprint density at radius 1 is 0.895 bits per heavy atom. The summed E-state index contributed by atoms with van der Waals surface area (Å²) in [6, 6.07) is 9.13. The molecule has 0 heterocycles. The monoisotopic (exact) mass is 272 g/mol. The predicted molar refractivity (Wildman–Crippen MR) is 68.6 cm³/mol. The van der Waals surface area contributed by atoms with E-state index in [1.807, 2.05) is 18.2 Å². The maximum absolute atomic E-state index is 10.2. The van der Waals surface area contributed by atoms with Gasteiger partial charge in [0.1, 0.15) is 0 Å². The van der Waals surface area contributed by atoms with Crippen LogP contribution in [0.1, 0.15) is 5.56 Å². The zero-order valence-corrected chi connectivity index (χ0v) is 10.6. The molecule has 108 valence electrons. The molecule has 0 fully saturated rings. The molecule has 0 radical (unpaired) electrons. The highest BCUT2D eigenvalue weighted by atomic mass is 16.4. The molecule has 0 spiro atoms. The Kier molecular flexibility index (Phi) is 8.73. The SMILES string of the molecule is O=C(O)Cc1ccccc1.OCC(CO)(CO)CO. The molecule has 0 amide bonds. The highest BCUT2D eigenvalue weighted by Gasteiger charge is 2.26. The zero-order valence-electron chi connectivity index (χ0n) is 10.6. The van der Waals surface area contributed by atoms with Crippen LogP contribution in [-0.2, 0) is 11.2 Å². The minimum absolute atomic E-state index is 0.112. The van der Waals surface area contributed by atoms with Crippen molar-refractivity contribution in [1.82, 2.24) is 0 Å². The van der Waals surface area contributed by atoms with Gasteiger partial charge >= 0.3 is 5.97 Å². The van der Waals surface area contributed by atoms with Crippen molar-refractivity contribution in [3.63, 3.8) is 0 Å². The van der Waals surface area contributed by atoms with Crippen molar-refractivity contribution in [1.29, 1.82) is 0 Å². The second-order valence-electron chi connectivity index (χ2n) is 4.19. The van der Waals surface area contributed by atoms with Gasteiger partial charge in [-0.1, -0.05) is 30.3 Å². The van der Waals surface area contributed by atoms with E-state index in [0.717, 1.165) is 5.56 Å². The van der Waals surface area contributed by atoms with E-state index < -0.39 is 37.8 Å². The van der Waals surface area contributed by atoms with Gasteiger partial charge in [0.25, 0.3) is 0 Å². The summed E-state index contributed by atoms with van der Waals surface area (Å²) in [5.41, 5.74) is -0.269. The van der Waals surface area contributed by atoms with Crippen molar-refractivity contribution in [3.05, 3.63) is 35.9 Å². The van der Waals surface area contributed by atoms with Crippen LogP contribution in [0.5, 0.6) is 0 Å². The molecule has 1 aromatic carbocycles. The number of aliphatic hydroxyl groups is 4. The van der Waals surface area contributed by atoms with Crippen molar-refractivity contribution in [2.45, 2.75) is 6.42 Å². The summed E-state index contributed by atoms with van der Waals surface area (Å²) in [6.45, 7) is -1.62. The molecule has 0 unspecified atom stereocenters. The first-order valence-corrected chi connectivity index (χ1v) is 5.72. The lowest BCUT2D eigenvalue weighted by Gasteiger charge is -2.23. The first-order chi connectivity index (χ1) is 9.03. The fourth-order valence-electron chi connectivity index (χ4n) is 1.07. The number of rotatable bonds is 6. The molecule has 0 aliphatic rings. The van der Waals surface area contributed by atoms with Crippen LogP contribution in [0.4, 0.5) is 0 Å². The molecule has 1 rings (SSSR count). The second kappa shape index (κ2) is 9.46. The Bertz CT molecular complexity index is 330. The molecular formula is C13H20O6. The summed E-state index contributed by atoms with van der Waals surface area (Å²) >= 11 is 0. The van der Waals surface area contributed by atoms with E-state index in [1.54, 1.807) is 12.1 Å². The number of carbonyl (C=O) groups is 1. The van der Waals surface area contributed by atoms with Gasteiger partial charge in [-0.25, -0.2) is 0 Å². The first kappa shape index (κ1) is 17.5. The average molecular weight is 272 g/mol. The molecule has 0 bridgehead atoms. The van der Waals surface area contributed by atoms with Crippen molar-refractivity contribution >= 4 is 5.97 Å². The Hall–Kier alpha value is -1.47. The van der Waals surface area contributed by atoms with E-state index >= 15 is 0 Å². The van der Waals surface area contributed by atoms with E-state index in [9.17, 15) is 4.79 Å². The normalized spacial score (nSPS) is 10.5. The smallest absolute Gasteiger partial charge is 0.307 e.